The van der Waals surface area contributed by atoms with E-state index in [9.17, 15) is 5.11 Å². The Bertz CT molecular complexity index is 254. The van der Waals surface area contributed by atoms with Crippen LogP contribution in [0, 0.1) is 0 Å². The Balaban J connectivity index is 2.17. The Hall–Kier alpha value is -0.930. The lowest BCUT2D eigenvalue weighted by Crippen LogP contribution is -2.26. The molecule has 1 aromatic heterocycles. The fraction of sp³-hybridized carbons (Fsp3) is 0.545. The second kappa shape index (κ2) is 5.08. The van der Waals surface area contributed by atoms with E-state index in [-0.39, 0.29) is 0 Å². The van der Waals surface area contributed by atoms with Gasteiger partial charge in [0.1, 0.15) is 0 Å². The third-order valence-electron chi connectivity index (χ3n) is 1.95. The van der Waals surface area contributed by atoms with Gasteiger partial charge in [-0.05, 0) is 38.9 Å². The zero-order valence-corrected chi connectivity index (χ0v) is 8.83. The largest absolute Gasteiger partial charge is 0.390 e. The summed E-state index contributed by atoms with van der Waals surface area (Å²) in [5.74, 6) is 0. The molecule has 0 bridgehead atoms. The molecule has 0 aliphatic carbocycles. The minimum atomic E-state index is -0.586. The number of aromatic nitrogens is 1. The first-order chi connectivity index (χ1) is 6.58. The molecule has 1 rings (SSSR count). The Labute approximate surface area is 85.2 Å². The van der Waals surface area contributed by atoms with Crippen molar-refractivity contribution in [3.63, 3.8) is 0 Å². The van der Waals surface area contributed by atoms with Gasteiger partial charge in [0.15, 0.2) is 0 Å². The van der Waals surface area contributed by atoms with Crippen LogP contribution in [0.15, 0.2) is 24.4 Å². The van der Waals surface area contributed by atoms with Gasteiger partial charge in [0.25, 0.3) is 0 Å². The number of pyridine rings is 1. The van der Waals surface area contributed by atoms with Gasteiger partial charge in [0.05, 0.1) is 11.3 Å². The summed E-state index contributed by atoms with van der Waals surface area (Å²) in [7, 11) is 0. The highest BCUT2D eigenvalue weighted by molar-refractivity contribution is 5.02. The molecule has 14 heavy (non-hydrogen) atoms. The van der Waals surface area contributed by atoms with E-state index in [1.165, 1.54) is 0 Å². The maximum absolute atomic E-state index is 9.46. The molecule has 0 amide bonds. The van der Waals surface area contributed by atoms with E-state index in [1.807, 2.05) is 32.0 Å². The molecular formula is C11H18N2O. The SMILES string of the molecule is CC(C)(O)CCNCc1ccccn1. The number of hydrogen-bond acceptors (Lipinski definition) is 3. The van der Waals surface area contributed by atoms with E-state index in [0.717, 1.165) is 25.2 Å². The average molecular weight is 194 g/mol. The maximum atomic E-state index is 9.46. The molecule has 0 aliphatic heterocycles. The van der Waals surface area contributed by atoms with Crippen molar-refractivity contribution in [2.75, 3.05) is 6.54 Å². The fourth-order valence-electron chi connectivity index (χ4n) is 1.11. The predicted molar refractivity (Wildman–Crippen MR) is 56.9 cm³/mol. The Kier molecular flexibility index (Phi) is 4.04. The van der Waals surface area contributed by atoms with Gasteiger partial charge >= 0.3 is 0 Å². The lowest BCUT2D eigenvalue weighted by Gasteiger charge is -2.16. The van der Waals surface area contributed by atoms with Crippen LogP contribution in [0.25, 0.3) is 0 Å². The Morgan fingerprint density at radius 2 is 2.21 bits per heavy atom. The molecule has 78 valence electrons. The predicted octanol–water partition coefficient (Wildman–Crippen LogP) is 1.33. The van der Waals surface area contributed by atoms with Crippen LogP contribution in [0.3, 0.4) is 0 Å². The van der Waals surface area contributed by atoms with Crippen molar-refractivity contribution < 1.29 is 5.11 Å². The third kappa shape index (κ3) is 4.94. The number of nitrogens with zero attached hydrogens (tertiary/aromatic N) is 1. The topological polar surface area (TPSA) is 45.1 Å². The van der Waals surface area contributed by atoms with Crippen molar-refractivity contribution in [2.45, 2.75) is 32.4 Å². The molecule has 0 atom stereocenters. The van der Waals surface area contributed by atoms with Crippen LogP contribution in [-0.4, -0.2) is 22.2 Å². The third-order valence-corrected chi connectivity index (χ3v) is 1.95. The smallest absolute Gasteiger partial charge is 0.0603 e. The molecule has 3 heteroatoms. The number of nitrogens with one attached hydrogen (secondary N) is 1. The Morgan fingerprint density at radius 3 is 2.79 bits per heavy atom. The van der Waals surface area contributed by atoms with E-state index < -0.39 is 5.60 Å². The molecule has 0 unspecified atom stereocenters. The van der Waals surface area contributed by atoms with Gasteiger partial charge < -0.3 is 10.4 Å². The van der Waals surface area contributed by atoms with Gasteiger partial charge in [0, 0.05) is 12.7 Å². The zero-order valence-electron chi connectivity index (χ0n) is 8.83. The van der Waals surface area contributed by atoms with Crippen LogP contribution >= 0.6 is 0 Å². The second-order valence-electron chi connectivity index (χ2n) is 4.06. The first-order valence-corrected chi connectivity index (χ1v) is 4.91. The van der Waals surface area contributed by atoms with Crippen molar-refractivity contribution in [1.82, 2.24) is 10.3 Å². The highest BCUT2D eigenvalue weighted by Gasteiger charge is 2.10. The summed E-state index contributed by atoms with van der Waals surface area (Å²) in [5, 5.41) is 12.7. The Morgan fingerprint density at radius 1 is 1.43 bits per heavy atom. The summed E-state index contributed by atoms with van der Waals surface area (Å²) < 4.78 is 0. The van der Waals surface area contributed by atoms with Gasteiger partial charge in [-0.15, -0.1) is 0 Å². The minimum Gasteiger partial charge on any atom is -0.390 e. The number of rotatable bonds is 5. The lowest BCUT2D eigenvalue weighted by atomic mass is 10.1. The molecule has 3 nitrogen and oxygen atoms in total. The second-order valence-corrected chi connectivity index (χ2v) is 4.06. The molecule has 0 aromatic carbocycles. The molecule has 0 spiro atoms. The van der Waals surface area contributed by atoms with Crippen molar-refractivity contribution in [3.8, 4) is 0 Å². The summed E-state index contributed by atoms with van der Waals surface area (Å²) in [5.41, 5.74) is 0.445. The molecule has 0 saturated heterocycles. The molecule has 1 heterocycles. The van der Waals surface area contributed by atoms with Crippen LogP contribution in [-0.2, 0) is 6.54 Å². The summed E-state index contributed by atoms with van der Waals surface area (Å²) in [6, 6.07) is 5.86. The fourth-order valence-corrected chi connectivity index (χ4v) is 1.11. The molecule has 0 radical (unpaired) electrons. The molecule has 0 fully saturated rings. The van der Waals surface area contributed by atoms with Crippen molar-refractivity contribution in [2.24, 2.45) is 0 Å². The normalized spacial score (nSPS) is 11.6. The van der Waals surface area contributed by atoms with Crippen molar-refractivity contribution in [1.29, 1.82) is 0 Å². The monoisotopic (exact) mass is 194 g/mol. The van der Waals surface area contributed by atoms with E-state index >= 15 is 0 Å². The van der Waals surface area contributed by atoms with E-state index in [1.54, 1.807) is 6.20 Å². The molecule has 1 aromatic rings. The molecular weight excluding hydrogens is 176 g/mol. The minimum absolute atomic E-state index is 0.586. The maximum Gasteiger partial charge on any atom is 0.0603 e. The van der Waals surface area contributed by atoms with Gasteiger partial charge in [-0.25, -0.2) is 0 Å². The van der Waals surface area contributed by atoms with E-state index in [2.05, 4.69) is 10.3 Å². The van der Waals surface area contributed by atoms with Crippen molar-refractivity contribution in [3.05, 3.63) is 30.1 Å². The summed E-state index contributed by atoms with van der Waals surface area (Å²) >= 11 is 0. The highest BCUT2D eigenvalue weighted by atomic mass is 16.3. The lowest BCUT2D eigenvalue weighted by molar-refractivity contribution is 0.0711. The van der Waals surface area contributed by atoms with Gasteiger partial charge in [0.2, 0.25) is 0 Å². The molecule has 2 N–H and O–H groups in total. The summed E-state index contributed by atoms with van der Waals surface area (Å²) in [6.07, 6.45) is 2.53. The van der Waals surface area contributed by atoms with E-state index in [4.69, 9.17) is 0 Å². The van der Waals surface area contributed by atoms with Crippen LogP contribution in [0.2, 0.25) is 0 Å². The summed E-state index contributed by atoms with van der Waals surface area (Å²) in [4.78, 5) is 4.19. The standard InChI is InChI=1S/C11H18N2O/c1-11(2,14)6-8-12-9-10-5-3-4-7-13-10/h3-5,7,12,14H,6,8-9H2,1-2H3. The van der Waals surface area contributed by atoms with Gasteiger partial charge in [-0.3, -0.25) is 4.98 Å². The van der Waals surface area contributed by atoms with Gasteiger partial charge in [-0.1, -0.05) is 6.07 Å². The molecule has 0 saturated carbocycles. The first-order valence-electron chi connectivity index (χ1n) is 4.91. The van der Waals surface area contributed by atoms with Crippen LogP contribution in [0.1, 0.15) is 26.0 Å². The van der Waals surface area contributed by atoms with Crippen LogP contribution in [0.4, 0.5) is 0 Å². The molecule has 0 aliphatic rings. The highest BCUT2D eigenvalue weighted by Crippen LogP contribution is 2.05. The van der Waals surface area contributed by atoms with Gasteiger partial charge in [-0.2, -0.15) is 0 Å². The van der Waals surface area contributed by atoms with Crippen molar-refractivity contribution >= 4 is 0 Å². The quantitative estimate of drug-likeness (QED) is 0.695. The van der Waals surface area contributed by atoms with Crippen LogP contribution in [0.5, 0.6) is 0 Å². The number of hydrogen-bond donors (Lipinski definition) is 2. The first kappa shape index (κ1) is 11.1. The number of aliphatic hydroxyl groups is 1. The average Bonchev–Trinajstić information content (AvgIpc) is 2.13. The summed E-state index contributed by atoms with van der Waals surface area (Å²) in [6.45, 7) is 5.20. The zero-order chi connectivity index (χ0) is 10.4. The van der Waals surface area contributed by atoms with E-state index in [0.29, 0.717) is 0 Å². The van der Waals surface area contributed by atoms with Crippen LogP contribution < -0.4 is 5.32 Å².